The first-order chi connectivity index (χ1) is 6.52. The normalized spacial score (nSPS) is 8.43. The predicted octanol–water partition coefficient (Wildman–Crippen LogP) is 0.0261. The van der Waals surface area contributed by atoms with E-state index in [1.165, 1.54) is 30.7 Å². The Morgan fingerprint density at radius 3 is 1.64 bits per heavy atom. The van der Waals surface area contributed by atoms with Crippen molar-refractivity contribution >= 4 is 42.7 Å². The number of carboxylic acid groups (broad SMARTS) is 2. The molecule has 5 heteroatoms. The maximum atomic E-state index is 9.43. The van der Waals surface area contributed by atoms with Gasteiger partial charge in [-0.1, -0.05) is 0 Å². The van der Waals surface area contributed by atoms with Crippen molar-refractivity contribution in [2.75, 3.05) is 0 Å². The van der Waals surface area contributed by atoms with Crippen molar-refractivity contribution in [3.05, 3.63) is 30.3 Å². The standard InChI is InChI=1S/C6H5.C3H4O4.Na/c1-2-4-6-5-3-1;4-2(5)1-3(6)7;/h1-5H;1H2,(H,4,5)(H,6,7);. The molecule has 1 aromatic rings. The van der Waals surface area contributed by atoms with Gasteiger partial charge in [0.15, 0.2) is 0 Å². The van der Waals surface area contributed by atoms with Gasteiger partial charge in [0.2, 0.25) is 0 Å². The number of rotatable bonds is 2. The Morgan fingerprint density at radius 1 is 1.07 bits per heavy atom. The van der Waals surface area contributed by atoms with Crippen LogP contribution in [0.1, 0.15) is 6.42 Å². The summed E-state index contributed by atoms with van der Waals surface area (Å²) >= 11 is 1.17. The molecule has 0 heterocycles. The van der Waals surface area contributed by atoms with Crippen LogP contribution >= 0.6 is 0 Å². The summed E-state index contributed by atoms with van der Waals surface area (Å²) in [4.78, 5) is 18.9. The summed E-state index contributed by atoms with van der Waals surface area (Å²) in [6.07, 6.45) is -0.806. The molecule has 0 radical (unpaired) electrons. The van der Waals surface area contributed by atoms with E-state index in [1.807, 2.05) is 6.07 Å². The monoisotopic (exact) mass is 204 g/mol. The summed E-state index contributed by atoms with van der Waals surface area (Å²) in [5, 5.41) is 15.4. The van der Waals surface area contributed by atoms with Gasteiger partial charge in [0.1, 0.15) is 6.42 Å². The number of benzene rings is 1. The van der Waals surface area contributed by atoms with E-state index in [4.69, 9.17) is 10.2 Å². The van der Waals surface area contributed by atoms with Crippen LogP contribution in [0.2, 0.25) is 0 Å². The topological polar surface area (TPSA) is 74.6 Å². The Balaban J connectivity index is 0.000000241. The van der Waals surface area contributed by atoms with Crippen LogP contribution in [-0.4, -0.2) is 50.1 Å². The number of aliphatic carboxylic acids is 2. The van der Waals surface area contributed by atoms with E-state index in [0.29, 0.717) is 0 Å². The minimum atomic E-state index is -1.31. The van der Waals surface area contributed by atoms with Crippen molar-refractivity contribution in [3.8, 4) is 0 Å². The summed E-state index contributed by atoms with van der Waals surface area (Å²) in [6, 6.07) is 10.5. The summed E-state index contributed by atoms with van der Waals surface area (Å²) < 4.78 is 1.46. The molecule has 2 N–H and O–H groups in total. The van der Waals surface area contributed by atoms with Crippen LogP contribution in [0.25, 0.3) is 0 Å². The third-order valence-corrected chi connectivity index (χ3v) is 1.91. The quantitative estimate of drug-likeness (QED) is 0.526. The second kappa shape index (κ2) is 7.55. The van der Waals surface area contributed by atoms with Crippen molar-refractivity contribution in [3.63, 3.8) is 0 Å². The van der Waals surface area contributed by atoms with Gasteiger partial charge >= 0.3 is 73.0 Å². The van der Waals surface area contributed by atoms with E-state index in [-0.39, 0.29) is 0 Å². The molecule has 0 amide bonds. The second-order valence-corrected chi connectivity index (χ2v) is 3.77. The van der Waals surface area contributed by atoms with Crippen LogP contribution < -0.4 is 2.81 Å². The Kier molecular flexibility index (Phi) is 7.10. The van der Waals surface area contributed by atoms with Gasteiger partial charge in [-0.15, -0.1) is 0 Å². The van der Waals surface area contributed by atoms with Crippen molar-refractivity contribution in [2.45, 2.75) is 6.42 Å². The van der Waals surface area contributed by atoms with Crippen LogP contribution in [0.5, 0.6) is 0 Å². The summed E-state index contributed by atoms with van der Waals surface area (Å²) in [5.74, 6) is -2.62. The molecule has 0 aromatic heterocycles. The average Bonchev–Trinajstić information content (AvgIpc) is 2.03. The predicted molar refractivity (Wildman–Crippen MR) is 51.7 cm³/mol. The number of hydrogen-bond donors (Lipinski definition) is 2. The number of carboxylic acids is 2. The molecule has 14 heavy (non-hydrogen) atoms. The summed E-state index contributed by atoms with van der Waals surface area (Å²) in [5.41, 5.74) is 0. The van der Waals surface area contributed by atoms with Crippen LogP contribution in [0.15, 0.2) is 30.3 Å². The van der Waals surface area contributed by atoms with Crippen molar-refractivity contribution in [1.29, 1.82) is 0 Å². The van der Waals surface area contributed by atoms with Crippen LogP contribution in [0.4, 0.5) is 0 Å². The minimum absolute atomic E-state index is 0.806. The first kappa shape index (κ1) is 13.2. The Morgan fingerprint density at radius 2 is 1.50 bits per heavy atom. The molecule has 1 aromatic carbocycles. The summed E-state index contributed by atoms with van der Waals surface area (Å²) in [7, 11) is 0. The number of hydrogen-bond acceptors (Lipinski definition) is 2. The zero-order valence-corrected chi connectivity index (χ0v) is 9.80. The van der Waals surface area contributed by atoms with Crippen LogP contribution in [0, 0.1) is 0 Å². The molecule has 0 atom stereocenters. The molecule has 0 bridgehead atoms. The van der Waals surface area contributed by atoms with Gasteiger partial charge in [-0.25, -0.2) is 0 Å². The van der Waals surface area contributed by atoms with Gasteiger partial charge in [0.25, 0.3) is 0 Å². The third kappa shape index (κ3) is 9.25. The van der Waals surface area contributed by atoms with E-state index in [0.717, 1.165) is 0 Å². The Labute approximate surface area is 99.0 Å². The molecule has 0 unspecified atom stereocenters. The third-order valence-electron chi connectivity index (χ3n) is 1.24. The zero-order valence-electron chi connectivity index (χ0n) is 7.80. The van der Waals surface area contributed by atoms with E-state index >= 15 is 0 Å². The summed E-state index contributed by atoms with van der Waals surface area (Å²) in [6.45, 7) is 0. The SMILES string of the molecule is O=C(O)CC(=O)O.[Na][c]1ccccc1. The van der Waals surface area contributed by atoms with Gasteiger partial charge in [0.05, 0.1) is 0 Å². The molecule has 0 fully saturated rings. The zero-order chi connectivity index (χ0) is 11.0. The fraction of sp³-hybridized carbons (Fsp3) is 0.111. The van der Waals surface area contributed by atoms with Gasteiger partial charge in [-0.05, 0) is 0 Å². The van der Waals surface area contributed by atoms with Gasteiger partial charge < -0.3 is 10.2 Å². The van der Waals surface area contributed by atoms with Crippen molar-refractivity contribution < 1.29 is 19.8 Å². The van der Waals surface area contributed by atoms with Crippen LogP contribution in [0.3, 0.4) is 0 Å². The molecule has 0 saturated carbocycles. The molecular weight excluding hydrogens is 195 g/mol. The Bertz CT molecular complexity index is 285. The first-order valence-corrected chi connectivity index (χ1v) is 4.97. The van der Waals surface area contributed by atoms with E-state index in [1.54, 1.807) is 0 Å². The van der Waals surface area contributed by atoms with Gasteiger partial charge in [0, 0.05) is 0 Å². The molecule has 0 aliphatic heterocycles. The van der Waals surface area contributed by atoms with Crippen LogP contribution in [-0.2, 0) is 9.59 Å². The second-order valence-electron chi connectivity index (χ2n) is 2.62. The van der Waals surface area contributed by atoms with Crippen molar-refractivity contribution in [2.24, 2.45) is 0 Å². The average molecular weight is 204 g/mol. The van der Waals surface area contributed by atoms with Gasteiger partial charge in [-0.3, -0.25) is 9.59 Å². The Hall–Kier alpha value is -0.840. The molecule has 70 valence electrons. The first-order valence-electron chi connectivity index (χ1n) is 3.97. The fourth-order valence-corrected chi connectivity index (χ4v) is 1.05. The van der Waals surface area contributed by atoms with Gasteiger partial charge in [-0.2, -0.15) is 0 Å². The molecule has 1 rings (SSSR count). The fourth-order valence-electron chi connectivity index (χ4n) is 0.664. The number of carbonyl (C=O) groups is 2. The van der Waals surface area contributed by atoms with E-state index < -0.39 is 18.4 Å². The van der Waals surface area contributed by atoms with Crippen molar-refractivity contribution in [1.82, 2.24) is 0 Å². The van der Waals surface area contributed by atoms with E-state index in [2.05, 4.69) is 24.3 Å². The molecule has 0 saturated heterocycles. The molecule has 4 nitrogen and oxygen atoms in total. The molecule has 0 spiro atoms. The van der Waals surface area contributed by atoms with E-state index in [9.17, 15) is 9.59 Å². The molecule has 0 aliphatic rings. The molecular formula is C9H9NaO4. The maximum absolute atomic E-state index is 9.43. The molecule has 0 aliphatic carbocycles.